The van der Waals surface area contributed by atoms with Gasteiger partial charge in [0.25, 0.3) is 5.69 Å². The number of rotatable bonds is 5. The van der Waals surface area contributed by atoms with Gasteiger partial charge < -0.3 is 10.1 Å². The van der Waals surface area contributed by atoms with Gasteiger partial charge in [-0.2, -0.15) is 0 Å². The maximum absolute atomic E-state index is 11.9. The number of halogens is 1. The molecular weight excluding hydrogens is 364 g/mol. The highest BCUT2D eigenvalue weighted by molar-refractivity contribution is 9.10. The molecule has 2 aromatic carbocycles. The second kappa shape index (κ2) is 7.55. The molecule has 7 heteroatoms. The summed E-state index contributed by atoms with van der Waals surface area (Å²) in [5, 5.41) is 13.3. The number of carbonyl (C=O) groups excluding carboxylic acids is 1. The van der Waals surface area contributed by atoms with Gasteiger partial charge in [-0.1, -0.05) is 12.1 Å². The third-order valence-electron chi connectivity index (χ3n) is 2.96. The summed E-state index contributed by atoms with van der Waals surface area (Å²) < 4.78 is 5.50. The van der Waals surface area contributed by atoms with Crippen LogP contribution in [0.3, 0.4) is 0 Å². The van der Waals surface area contributed by atoms with E-state index in [-0.39, 0.29) is 11.6 Å². The van der Waals surface area contributed by atoms with Crippen molar-refractivity contribution in [1.29, 1.82) is 0 Å². The van der Waals surface area contributed by atoms with Gasteiger partial charge in [-0.3, -0.25) is 14.9 Å². The number of hydrogen-bond donors (Lipinski definition) is 1. The fourth-order valence-corrected chi connectivity index (χ4v) is 2.25. The van der Waals surface area contributed by atoms with Crippen LogP contribution < -0.4 is 10.1 Å². The van der Waals surface area contributed by atoms with E-state index in [1.807, 2.05) is 12.1 Å². The monoisotopic (exact) mass is 376 g/mol. The van der Waals surface area contributed by atoms with E-state index in [9.17, 15) is 14.9 Å². The molecule has 6 nitrogen and oxygen atoms in total. The average molecular weight is 377 g/mol. The number of hydrogen-bond acceptors (Lipinski definition) is 4. The lowest BCUT2D eigenvalue weighted by atomic mass is 10.2. The first-order valence-electron chi connectivity index (χ1n) is 6.56. The fourth-order valence-electron chi connectivity index (χ4n) is 1.78. The van der Waals surface area contributed by atoms with Crippen molar-refractivity contribution in [3.63, 3.8) is 0 Å². The Bertz CT molecular complexity index is 757. The van der Waals surface area contributed by atoms with Crippen LogP contribution in [0.25, 0.3) is 6.08 Å². The second-order valence-corrected chi connectivity index (χ2v) is 5.37. The molecule has 0 saturated carbocycles. The van der Waals surface area contributed by atoms with Crippen LogP contribution in [0.1, 0.15) is 5.56 Å². The molecule has 1 N–H and O–H groups in total. The Balaban J connectivity index is 2.04. The molecular formula is C16H13BrN2O4. The molecule has 0 fully saturated rings. The lowest BCUT2D eigenvalue weighted by Crippen LogP contribution is -2.08. The van der Waals surface area contributed by atoms with Crippen molar-refractivity contribution in [2.75, 3.05) is 12.4 Å². The summed E-state index contributed by atoms with van der Waals surface area (Å²) in [6.45, 7) is 0. The minimum absolute atomic E-state index is 0.0522. The Morgan fingerprint density at radius 2 is 1.96 bits per heavy atom. The smallest absolute Gasteiger partial charge is 0.270 e. The van der Waals surface area contributed by atoms with Crippen molar-refractivity contribution in [3.05, 3.63) is 68.7 Å². The number of amides is 1. The van der Waals surface area contributed by atoms with Crippen LogP contribution in [0.2, 0.25) is 0 Å². The molecule has 0 aliphatic rings. The maximum Gasteiger partial charge on any atom is 0.270 e. The number of methoxy groups -OCH3 is 1. The standard InChI is InChI=1S/C16H13BrN2O4/c1-23-13-6-2-11(3-7-13)4-9-16(20)18-15-8-5-12(19(21)22)10-14(15)17/h2-10H,1H3,(H,18,20). The maximum atomic E-state index is 11.9. The highest BCUT2D eigenvalue weighted by atomic mass is 79.9. The Morgan fingerprint density at radius 3 is 2.52 bits per heavy atom. The summed E-state index contributed by atoms with van der Waals surface area (Å²) in [5.41, 5.74) is 1.26. The first kappa shape index (κ1) is 16.7. The van der Waals surface area contributed by atoms with Crippen molar-refractivity contribution >= 4 is 39.3 Å². The Morgan fingerprint density at radius 1 is 1.26 bits per heavy atom. The zero-order valence-corrected chi connectivity index (χ0v) is 13.7. The molecule has 0 bridgehead atoms. The minimum Gasteiger partial charge on any atom is -0.497 e. The van der Waals surface area contributed by atoms with E-state index < -0.39 is 4.92 Å². The molecule has 0 unspecified atom stereocenters. The molecule has 118 valence electrons. The highest BCUT2D eigenvalue weighted by Gasteiger charge is 2.10. The molecule has 2 rings (SSSR count). The van der Waals surface area contributed by atoms with Gasteiger partial charge in [-0.05, 0) is 45.8 Å². The van der Waals surface area contributed by atoms with Crippen molar-refractivity contribution in [1.82, 2.24) is 0 Å². The predicted molar refractivity (Wildman–Crippen MR) is 91.5 cm³/mol. The normalized spacial score (nSPS) is 10.5. The van der Waals surface area contributed by atoms with Crippen molar-refractivity contribution in [2.24, 2.45) is 0 Å². The number of nitro groups is 1. The van der Waals surface area contributed by atoms with Crippen molar-refractivity contribution < 1.29 is 14.5 Å². The highest BCUT2D eigenvalue weighted by Crippen LogP contribution is 2.27. The van der Waals surface area contributed by atoms with Crippen LogP contribution in [-0.2, 0) is 4.79 Å². The van der Waals surface area contributed by atoms with Crippen LogP contribution >= 0.6 is 15.9 Å². The minimum atomic E-state index is -0.500. The Kier molecular flexibility index (Phi) is 5.48. The molecule has 0 atom stereocenters. The van der Waals surface area contributed by atoms with E-state index in [0.29, 0.717) is 10.2 Å². The third kappa shape index (κ3) is 4.65. The van der Waals surface area contributed by atoms with E-state index in [2.05, 4.69) is 21.2 Å². The lowest BCUT2D eigenvalue weighted by Gasteiger charge is -2.04. The molecule has 0 aromatic heterocycles. The van der Waals surface area contributed by atoms with E-state index in [1.54, 1.807) is 25.3 Å². The van der Waals surface area contributed by atoms with Crippen LogP contribution in [0.4, 0.5) is 11.4 Å². The summed E-state index contributed by atoms with van der Waals surface area (Å²) in [6.07, 6.45) is 3.05. The summed E-state index contributed by atoms with van der Waals surface area (Å²) >= 11 is 3.20. The number of non-ortho nitro benzene ring substituents is 1. The SMILES string of the molecule is COc1ccc(C=CC(=O)Nc2ccc([N+](=O)[O-])cc2Br)cc1. The molecule has 0 saturated heterocycles. The molecule has 0 spiro atoms. The first-order valence-corrected chi connectivity index (χ1v) is 7.36. The molecule has 0 heterocycles. The predicted octanol–water partition coefficient (Wildman–Crippen LogP) is 4.02. The number of carbonyl (C=O) groups is 1. The van der Waals surface area contributed by atoms with E-state index in [4.69, 9.17) is 4.74 Å². The van der Waals surface area contributed by atoms with Gasteiger partial charge in [-0.25, -0.2) is 0 Å². The number of benzene rings is 2. The number of nitrogens with zero attached hydrogens (tertiary/aromatic N) is 1. The zero-order chi connectivity index (χ0) is 16.8. The molecule has 1 amide bonds. The molecule has 0 aliphatic carbocycles. The Labute approximate surface area is 141 Å². The van der Waals surface area contributed by atoms with Gasteiger partial charge >= 0.3 is 0 Å². The van der Waals surface area contributed by atoms with Gasteiger partial charge in [0.15, 0.2) is 0 Å². The van der Waals surface area contributed by atoms with Gasteiger partial charge in [-0.15, -0.1) is 0 Å². The van der Waals surface area contributed by atoms with Gasteiger partial charge in [0.1, 0.15) is 5.75 Å². The van der Waals surface area contributed by atoms with Crippen LogP contribution in [0, 0.1) is 10.1 Å². The van der Waals surface area contributed by atoms with E-state index in [0.717, 1.165) is 11.3 Å². The number of nitrogens with one attached hydrogen (secondary N) is 1. The zero-order valence-electron chi connectivity index (χ0n) is 12.2. The van der Waals surface area contributed by atoms with Gasteiger partial charge in [0, 0.05) is 22.7 Å². The van der Waals surface area contributed by atoms with Gasteiger partial charge in [0.2, 0.25) is 5.91 Å². The summed E-state index contributed by atoms with van der Waals surface area (Å²) in [4.78, 5) is 22.1. The number of nitro benzene ring substituents is 1. The summed E-state index contributed by atoms with van der Waals surface area (Å²) in [5.74, 6) is 0.400. The quantitative estimate of drug-likeness (QED) is 0.485. The van der Waals surface area contributed by atoms with Gasteiger partial charge in [0.05, 0.1) is 17.7 Å². The molecule has 23 heavy (non-hydrogen) atoms. The first-order chi connectivity index (χ1) is 11.0. The fraction of sp³-hybridized carbons (Fsp3) is 0.0625. The number of ether oxygens (including phenoxy) is 1. The van der Waals surface area contributed by atoms with E-state index in [1.165, 1.54) is 24.3 Å². The molecule has 0 radical (unpaired) electrons. The topological polar surface area (TPSA) is 81.5 Å². The average Bonchev–Trinajstić information content (AvgIpc) is 2.55. The molecule has 0 aliphatic heterocycles. The molecule has 2 aromatic rings. The Hall–Kier alpha value is -2.67. The van der Waals surface area contributed by atoms with Crippen LogP contribution in [0.15, 0.2) is 53.0 Å². The lowest BCUT2D eigenvalue weighted by molar-refractivity contribution is -0.384. The van der Waals surface area contributed by atoms with Crippen LogP contribution in [0.5, 0.6) is 5.75 Å². The van der Waals surface area contributed by atoms with Crippen LogP contribution in [-0.4, -0.2) is 17.9 Å². The van der Waals surface area contributed by atoms with E-state index >= 15 is 0 Å². The largest absolute Gasteiger partial charge is 0.497 e. The summed E-state index contributed by atoms with van der Waals surface area (Å²) in [7, 11) is 1.58. The number of anilines is 1. The second-order valence-electron chi connectivity index (χ2n) is 4.52. The third-order valence-corrected chi connectivity index (χ3v) is 3.62. The van der Waals surface area contributed by atoms with Crippen molar-refractivity contribution in [3.8, 4) is 5.75 Å². The summed E-state index contributed by atoms with van der Waals surface area (Å²) in [6, 6.07) is 11.4. The van der Waals surface area contributed by atoms with Crippen molar-refractivity contribution in [2.45, 2.75) is 0 Å².